The summed E-state index contributed by atoms with van der Waals surface area (Å²) >= 11 is 0. The molecule has 0 aliphatic rings. The highest BCUT2D eigenvalue weighted by molar-refractivity contribution is 5.96. The monoisotopic (exact) mass is 274 g/mol. The van der Waals surface area contributed by atoms with Gasteiger partial charge in [-0.05, 0) is 45.4 Å². The van der Waals surface area contributed by atoms with Crippen molar-refractivity contribution in [1.82, 2.24) is 0 Å². The van der Waals surface area contributed by atoms with Crippen LogP contribution in [0.3, 0.4) is 0 Å². The van der Waals surface area contributed by atoms with Crippen LogP contribution in [0.15, 0.2) is 60.7 Å². The van der Waals surface area contributed by atoms with E-state index < -0.39 is 0 Å². The lowest BCUT2D eigenvalue weighted by atomic mass is 9.90. The van der Waals surface area contributed by atoms with Gasteiger partial charge in [0.05, 0.1) is 0 Å². The molecule has 21 heavy (non-hydrogen) atoms. The molecule has 0 amide bonds. The molecule has 0 radical (unpaired) electrons. The molecule has 106 valence electrons. The topological polar surface area (TPSA) is 0 Å². The summed E-state index contributed by atoms with van der Waals surface area (Å²) in [6.07, 6.45) is 1.10. The maximum atomic E-state index is 2.38. The van der Waals surface area contributed by atoms with Crippen LogP contribution in [0.2, 0.25) is 0 Å². The first-order chi connectivity index (χ1) is 10.2. The Labute approximate surface area is 127 Å². The van der Waals surface area contributed by atoms with Crippen LogP contribution in [-0.4, -0.2) is 0 Å². The second-order valence-corrected chi connectivity index (χ2v) is 5.95. The first-order valence-electron chi connectivity index (χ1n) is 7.81. The van der Waals surface area contributed by atoms with Gasteiger partial charge in [-0.2, -0.15) is 0 Å². The molecule has 0 aliphatic heterocycles. The summed E-state index contributed by atoms with van der Waals surface area (Å²) < 4.78 is 0. The van der Waals surface area contributed by atoms with Crippen molar-refractivity contribution in [2.24, 2.45) is 0 Å². The molecule has 0 nitrogen and oxygen atoms in total. The number of rotatable bonds is 3. The average Bonchev–Trinajstić information content (AvgIpc) is 2.53. The van der Waals surface area contributed by atoms with Gasteiger partial charge in [0.1, 0.15) is 0 Å². The van der Waals surface area contributed by atoms with Gasteiger partial charge in [0.2, 0.25) is 0 Å². The first kappa shape index (κ1) is 13.9. The van der Waals surface area contributed by atoms with Crippen molar-refractivity contribution in [3.63, 3.8) is 0 Å². The fourth-order valence-electron chi connectivity index (χ4n) is 3.10. The molecule has 0 atom stereocenters. The van der Waals surface area contributed by atoms with E-state index in [9.17, 15) is 0 Å². The molecule has 0 heterocycles. The molecule has 0 aromatic heterocycles. The predicted octanol–water partition coefficient (Wildman–Crippen LogP) is 6.19. The van der Waals surface area contributed by atoms with Gasteiger partial charge in [-0.25, -0.2) is 0 Å². The van der Waals surface area contributed by atoms with E-state index in [4.69, 9.17) is 0 Å². The second kappa shape index (κ2) is 5.73. The number of hydrogen-bond acceptors (Lipinski definition) is 0. The van der Waals surface area contributed by atoms with Crippen LogP contribution in [0.4, 0.5) is 0 Å². The van der Waals surface area contributed by atoms with Gasteiger partial charge in [-0.15, -0.1) is 0 Å². The molecular weight excluding hydrogens is 252 g/mol. The maximum absolute atomic E-state index is 2.38. The Bertz CT molecular complexity index is 761. The van der Waals surface area contributed by atoms with E-state index in [0.717, 1.165) is 6.42 Å². The second-order valence-electron chi connectivity index (χ2n) is 5.95. The van der Waals surface area contributed by atoms with Crippen molar-refractivity contribution in [3.05, 3.63) is 71.8 Å². The summed E-state index contributed by atoms with van der Waals surface area (Å²) in [5.41, 5.74) is 5.60. The zero-order valence-corrected chi connectivity index (χ0v) is 13.1. The molecule has 3 aromatic rings. The fourth-order valence-corrected chi connectivity index (χ4v) is 3.10. The summed E-state index contributed by atoms with van der Waals surface area (Å²) in [5, 5.41) is 2.64. The minimum Gasteiger partial charge on any atom is -0.0616 e. The molecule has 0 saturated heterocycles. The van der Waals surface area contributed by atoms with Crippen LogP contribution >= 0.6 is 0 Å². The van der Waals surface area contributed by atoms with E-state index in [1.807, 2.05) is 0 Å². The minimum absolute atomic E-state index is 0.565. The lowest BCUT2D eigenvalue weighted by molar-refractivity contribution is 0.845. The summed E-state index contributed by atoms with van der Waals surface area (Å²) in [6, 6.07) is 22.1. The Morgan fingerprint density at radius 1 is 0.857 bits per heavy atom. The molecule has 0 heteroatoms. The van der Waals surface area contributed by atoms with Crippen molar-refractivity contribution in [2.45, 2.75) is 33.1 Å². The van der Waals surface area contributed by atoms with Crippen molar-refractivity contribution < 1.29 is 0 Å². The number of aryl methyl sites for hydroxylation is 1. The lowest BCUT2D eigenvalue weighted by Crippen LogP contribution is -1.96. The highest BCUT2D eigenvalue weighted by atomic mass is 14.1. The average molecular weight is 274 g/mol. The van der Waals surface area contributed by atoms with Crippen LogP contribution in [0.5, 0.6) is 0 Å². The lowest BCUT2D eigenvalue weighted by Gasteiger charge is -2.15. The summed E-state index contributed by atoms with van der Waals surface area (Å²) in [6.45, 7) is 6.79. The third-order valence-electron chi connectivity index (χ3n) is 4.25. The van der Waals surface area contributed by atoms with Crippen molar-refractivity contribution >= 4 is 10.8 Å². The van der Waals surface area contributed by atoms with Gasteiger partial charge in [-0.1, -0.05) is 81.4 Å². The standard InChI is InChI=1S/C21H22/c1-4-16-12-13-18(14-21(16)15(2)3)20-11-7-9-17-8-5-6-10-19(17)20/h5-15H,4H2,1-3H3. The van der Waals surface area contributed by atoms with Crippen molar-refractivity contribution in [3.8, 4) is 11.1 Å². The number of hydrogen-bond donors (Lipinski definition) is 0. The zero-order chi connectivity index (χ0) is 14.8. The van der Waals surface area contributed by atoms with E-state index >= 15 is 0 Å². The molecule has 0 N–H and O–H groups in total. The Morgan fingerprint density at radius 3 is 2.38 bits per heavy atom. The van der Waals surface area contributed by atoms with Crippen LogP contribution in [0.1, 0.15) is 37.8 Å². The SMILES string of the molecule is CCc1ccc(-c2cccc3ccccc23)cc1C(C)C. The highest BCUT2D eigenvalue weighted by Gasteiger charge is 2.09. The van der Waals surface area contributed by atoms with Crippen molar-refractivity contribution in [1.29, 1.82) is 0 Å². The van der Waals surface area contributed by atoms with Crippen LogP contribution < -0.4 is 0 Å². The third kappa shape index (κ3) is 2.58. The first-order valence-corrected chi connectivity index (χ1v) is 7.81. The molecular formula is C21H22. The van der Waals surface area contributed by atoms with Crippen LogP contribution in [-0.2, 0) is 6.42 Å². The number of fused-ring (bicyclic) bond motifs is 1. The highest BCUT2D eigenvalue weighted by Crippen LogP contribution is 2.32. The molecule has 3 rings (SSSR count). The van der Waals surface area contributed by atoms with Gasteiger partial charge >= 0.3 is 0 Å². The maximum Gasteiger partial charge on any atom is -0.0105 e. The van der Waals surface area contributed by atoms with Gasteiger partial charge in [0.25, 0.3) is 0 Å². The largest absolute Gasteiger partial charge is 0.0616 e. The summed E-state index contributed by atoms with van der Waals surface area (Å²) in [7, 11) is 0. The Kier molecular flexibility index (Phi) is 3.79. The van der Waals surface area contributed by atoms with Gasteiger partial charge in [-0.3, -0.25) is 0 Å². The molecule has 0 spiro atoms. The number of benzene rings is 3. The molecule has 0 saturated carbocycles. The van der Waals surface area contributed by atoms with Gasteiger partial charge < -0.3 is 0 Å². The smallest absolute Gasteiger partial charge is 0.0105 e. The fraction of sp³-hybridized carbons (Fsp3) is 0.238. The van der Waals surface area contributed by atoms with E-state index in [2.05, 4.69) is 81.4 Å². The molecule has 3 aromatic carbocycles. The van der Waals surface area contributed by atoms with Crippen LogP contribution in [0, 0.1) is 0 Å². The molecule has 0 unspecified atom stereocenters. The summed E-state index contributed by atoms with van der Waals surface area (Å²) in [4.78, 5) is 0. The third-order valence-corrected chi connectivity index (χ3v) is 4.25. The molecule has 0 bridgehead atoms. The van der Waals surface area contributed by atoms with E-state index in [-0.39, 0.29) is 0 Å². The quantitative estimate of drug-likeness (QED) is 0.534. The molecule has 0 fully saturated rings. The van der Waals surface area contributed by atoms with Crippen molar-refractivity contribution in [2.75, 3.05) is 0 Å². The van der Waals surface area contributed by atoms with Crippen LogP contribution in [0.25, 0.3) is 21.9 Å². The zero-order valence-electron chi connectivity index (χ0n) is 13.1. The normalized spacial score (nSPS) is 11.2. The Morgan fingerprint density at radius 2 is 1.62 bits per heavy atom. The van der Waals surface area contributed by atoms with E-state index in [0.29, 0.717) is 5.92 Å². The van der Waals surface area contributed by atoms with E-state index in [1.165, 1.54) is 33.0 Å². The summed E-state index contributed by atoms with van der Waals surface area (Å²) in [5.74, 6) is 0.565. The molecule has 0 aliphatic carbocycles. The van der Waals surface area contributed by atoms with Gasteiger partial charge in [0.15, 0.2) is 0 Å². The van der Waals surface area contributed by atoms with Gasteiger partial charge in [0, 0.05) is 0 Å². The Balaban J connectivity index is 2.21. The Hall–Kier alpha value is -2.08. The predicted molar refractivity (Wildman–Crippen MR) is 92.9 cm³/mol. The minimum atomic E-state index is 0.565. The van der Waals surface area contributed by atoms with E-state index in [1.54, 1.807) is 0 Å².